The SMILES string of the molecule is COC(CNC(=O)c1ccc(Br)s1)OC. The molecule has 0 atom stereocenters. The quantitative estimate of drug-likeness (QED) is 0.843. The van der Waals surface area contributed by atoms with Crippen LogP contribution in [-0.4, -0.2) is 33.0 Å². The monoisotopic (exact) mass is 293 g/mol. The molecule has 1 N–H and O–H groups in total. The van der Waals surface area contributed by atoms with E-state index >= 15 is 0 Å². The number of methoxy groups -OCH3 is 2. The predicted molar refractivity (Wildman–Crippen MR) is 62.2 cm³/mol. The summed E-state index contributed by atoms with van der Waals surface area (Å²) < 4.78 is 10.8. The molecule has 1 amide bonds. The van der Waals surface area contributed by atoms with E-state index in [0.717, 1.165) is 3.79 Å². The molecule has 0 fully saturated rings. The number of hydrogen-bond donors (Lipinski definition) is 1. The maximum atomic E-state index is 11.6. The first-order valence-electron chi connectivity index (χ1n) is 4.26. The van der Waals surface area contributed by atoms with E-state index < -0.39 is 6.29 Å². The number of hydrogen-bond acceptors (Lipinski definition) is 4. The van der Waals surface area contributed by atoms with Crippen molar-refractivity contribution in [1.82, 2.24) is 5.32 Å². The van der Waals surface area contributed by atoms with Gasteiger partial charge < -0.3 is 14.8 Å². The Morgan fingerprint density at radius 1 is 1.53 bits per heavy atom. The van der Waals surface area contributed by atoms with Crippen LogP contribution in [0.2, 0.25) is 0 Å². The molecule has 1 heterocycles. The minimum Gasteiger partial charge on any atom is -0.354 e. The Morgan fingerprint density at radius 2 is 2.20 bits per heavy atom. The van der Waals surface area contributed by atoms with E-state index in [1.807, 2.05) is 6.07 Å². The molecule has 15 heavy (non-hydrogen) atoms. The van der Waals surface area contributed by atoms with Crippen LogP contribution >= 0.6 is 27.3 Å². The highest BCUT2D eigenvalue weighted by Crippen LogP contribution is 2.21. The molecule has 4 nitrogen and oxygen atoms in total. The maximum absolute atomic E-state index is 11.6. The molecule has 84 valence electrons. The summed E-state index contributed by atoms with van der Waals surface area (Å²) in [7, 11) is 3.06. The van der Waals surface area contributed by atoms with E-state index in [2.05, 4.69) is 21.2 Å². The molecule has 0 radical (unpaired) electrons. The van der Waals surface area contributed by atoms with Crippen molar-refractivity contribution in [2.75, 3.05) is 20.8 Å². The molecule has 0 aliphatic rings. The normalized spacial score (nSPS) is 10.7. The Balaban J connectivity index is 2.42. The molecular weight excluding hydrogens is 282 g/mol. The van der Waals surface area contributed by atoms with Crippen LogP contribution in [0.3, 0.4) is 0 Å². The van der Waals surface area contributed by atoms with E-state index in [0.29, 0.717) is 11.4 Å². The van der Waals surface area contributed by atoms with Crippen molar-refractivity contribution in [1.29, 1.82) is 0 Å². The number of thiophene rings is 1. The van der Waals surface area contributed by atoms with E-state index in [4.69, 9.17) is 9.47 Å². The summed E-state index contributed by atoms with van der Waals surface area (Å²) in [6.45, 7) is 0.335. The Labute approximate surface area is 101 Å². The van der Waals surface area contributed by atoms with Gasteiger partial charge >= 0.3 is 0 Å². The maximum Gasteiger partial charge on any atom is 0.261 e. The molecule has 1 aromatic rings. The summed E-state index contributed by atoms with van der Waals surface area (Å²) in [6, 6.07) is 3.60. The Bertz CT molecular complexity index is 325. The van der Waals surface area contributed by atoms with Crippen molar-refractivity contribution in [2.45, 2.75) is 6.29 Å². The lowest BCUT2D eigenvalue weighted by atomic mass is 10.4. The van der Waals surface area contributed by atoms with Gasteiger partial charge in [-0.1, -0.05) is 0 Å². The second-order valence-electron chi connectivity index (χ2n) is 2.71. The second-order valence-corrected chi connectivity index (χ2v) is 5.18. The van der Waals surface area contributed by atoms with Crippen LogP contribution in [0, 0.1) is 0 Å². The Morgan fingerprint density at radius 3 is 2.67 bits per heavy atom. The summed E-state index contributed by atoms with van der Waals surface area (Å²) >= 11 is 4.68. The topological polar surface area (TPSA) is 47.6 Å². The number of carbonyl (C=O) groups excluding carboxylic acids is 1. The van der Waals surface area contributed by atoms with Gasteiger partial charge in [-0.15, -0.1) is 11.3 Å². The first kappa shape index (κ1) is 12.6. The van der Waals surface area contributed by atoms with E-state index in [-0.39, 0.29) is 5.91 Å². The fourth-order valence-electron chi connectivity index (χ4n) is 0.962. The van der Waals surface area contributed by atoms with Crippen LogP contribution < -0.4 is 5.32 Å². The highest BCUT2D eigenvalue weighted by atomic mass is 79.9. The fourth-order valence-corrected chi connectivity index (χ4v) is 2.26. The van der Waals surface area contributed by atoms with Gasteiger partial charge in [0.15, 0.2) is 6.29 Å². The van der Waals surface area contributed by atoms with Gasteiger partial charge in [0.1, 0.15) is 0 Å². The van der Waals surface area contributed by atoms with Gasteiger partial charge in [0.25, 0.3) is 5.91 Å². The summed E-state index contributed by atoms with van der Waals surface area (Å²) in [5.41, 5.74) is 0. The van der Waals surface area contributed by atoms with E-state index in [1.54, 1.807) is 6.07 Å². The number of amides is 1. The predicted octanol–water partition coefficient (Wildman–Crippen LogP) is 1.86. The van der Waals surface area contributed by atoms with Crippen molar-refractivity contribution in [2.24, 2.45) is 0 Å². The molecular formula is C9H12BrNO3S. The van der Waals surface area contributed by atoms with Gasteiger partial charge in [-0.3, -0.25) is 4.79 Å². The minimum atomic E-state index is -0.405. The molecule has 0 aliphatic carbocycles. The zero-order valence-electron chi connectivity index (χ0n) is 8.45. The molecule has 1 rings (SSSR count). The molecule has 0 aliphatic heterocycles. The average Bonchev–Trinajstić information content (AvgIpc) is 2.66. The zero-order chi connectivity index (χ0) is 11.3. The lowest BCUT2D eigenvalue weighted by Crippen LogP contribution is -2.33. The number of rotatable bonds is 5. The standard InChI is InChI=1S/C9H12BrNO3S/c1-13-8(14-2)5-11-9(12)6-3-4-7(10)15-6/h3-4,8H,5H2,1-2H3,(H,11,12). The second kappa shape index (κ2) is 6.22. The Hall–Kier alpha value is -0.430. The van der Waals surface area contributed by atoms with Crippen LogP contribution in [0.15, 0.2) is 15.9 Å². The first-order chi connectivity index (χ1) is 7.17. The lowest BCUT2D eigenvalue weighted by Gasteiger charge is -2.13. The smallest absolute Gasteiger partial charge is 0.261 e. The van der Waals surface area contributed by atoms with Gasteiger partial charge in [0, 0.05) is 14.2 Å². The highest BCUT2D eigenvalue weighted by Gasteiger charge is 2.11. The Kier molecular flexibility index (Phi) is 5.24. The molecule has 0 unspecified atom stereocenters. The average molecular weight is 294 g/mol. The van der Waals surface area contributed by atoms with Crippen molar-refractivity contribution in [3.8, 4) is 0 Å². The van der Waals surface area contributed by atoms with Crippen LogP contribution in [-0.2, 0) is 9.47 Å². The van der Waals surface area contributed by atoms with Crippen LogP contribution in [0.5, 0.6) is 0 Å². The van der Waals surface area contributed by atoms with E-state index in [9.17, 15) is 4.79 Å². The van der Waals surface area contributed by atoms with Crippen molar-refractivity contribution >= 4 is 33.2 Å². The van der Waals surface area contributed by atoms with Crippen LogP contribution in [0.4, 0.5) is 0 Å². The summed E-state index contributed by atoms with van der Waals surface area (Å²) in [6.07, 6.45) is -0.405. The van der Waals surface area contributed by atoms with Gasteiger partial charge in [0.05, 0.1) is 15.2 Å². The number of carbonyl (C=O) groups is 1. The molecule has 0 saturated carbocycles. The van der Waals surface area contributed by atoms with Crippen LogP contribution in [0.25, 0.3) is 0 Å². The third kappa shape index (κ3) is 3.90. The van der Waals surface area contributed by atoms with Crippen molar-refractivity contribution in [3.05, 3.63) is 20.8 Å². The van der Waals surface area contributed by atoms with Crippen molar-refractivity contribution < 1.29 is 14.3 Å². The fraction of sp³-hybridized carbons (Fsp3) is 0.444. The first-order valence-corrected chi connectivity index (χ1v) is 5.87. The lowest BCUT2D eigenvalue weighted by molar-refractivity contribution is -0.0974. The molecule has 6 heteroatoms. The molecule has 1 aromatic heterocycles. The van der Waals surface area contributed by atoms with Gasteiger partial charge in [-0.25, -0.2) is 0 Å². The number of halogens is 1. The number of nitrogens with one attached hydrogen (secondary N) is 1. The summed E-state index contributed by atoms with van der Waals surface area (Å²) in [5.74, 6) is -0.121. The largest absolute Gasteiger partial charge is 0.354 e. The van der Waals surface area contributed by atoms with Gasteiger partial charge in [0.2, 0.25) is 0 Å². The third-order valence-corrected chi connectivity index (χ3v) is 3.37. The third-order valence-electron chi connectivity index (χ3n) is 1.75. The number of ether oxygens (including phenoxy) is 2. The molecule has 0 bridgehead atoms. The zero-order valence-corrected chi connectivity index (χ0v) is 10.9. The molecule has 0 saturated heterocycles. The summed E-state index contributed by atoms with van der Waals surface area (Å²) in [5, 5.41) is 2.71. The highest BCUT2D eigenvalue weighted by molar-refractivity contribution is 9.11. The summed E-state index contributed by atoms with van der Waals surface area (Å²) in [4.78, 5) is 12.2. The molecule has 0 spiro atoms. The van der Waals surface area contributed by atoms with Gasteiger partial charge in [-0.2, -0.15) is 0 Å². The molecule has 0 aromatic carbocycles. The minimum absolute atomic E-state index is 0.121. The van der Waals surface area contributed by atoms with Gasteiger partial charge in [-0.05, 0) is 28.1 Å². The van der Waals surface area contributed by atoms with Crippen LogP contribution in [0.1, 0.15) is 9.67 Å². The van der Waals surface area contributed by atoms with Crippen molar-refractivity contribution in [3.63, 3.8) is 0 Å². The van der Waals surface area contributed by atoms with E-state index in [1.165, 1.54) is 25.6 Å².